The van der Waals surface area contributed by atoms with E-state index < -0.39 is 0 Å². The molecule has 0 aliphatic heterocycles. The van der Waals surface area contributed by atoms with Gasteiger partial charge in [0.2, 0.25) is 0 Å². The summed E-state index contributed by atoms with van der Waals surface area (Å²) < 4.78 is 0. The van der Waals surface area contributed by atoms with Crippen molar-refractivity contribution in [1.82, 2.24) is 0 Å². The first-order chi connectivity index (χ1) is 10.1. The highest BCUT2D eigenvalue weighted by molar-refractivity contribution is 6.15. The fourth-order valence-electron chi connectivity index (χ4n) is 4.05. The maximum atomic E-state index is 6.86. The van der Waals surface area contributed by atoms with Crippen LogP contribution in [0.4, 0.5) is 0 Å². The Kier molecular flexibility index (Phi) is 7.54. The van der Waals surface area contributed by atoms with Gasteiger partial charge in [-0.1, -0.05) is 105 Å². The standard InChI is InChI=1S/C21H41B/c1-18(2)20(6)14-10-7-8-12-16-21(22,19(3,4)5)17-13-9-11-15-20/h18H,7-17H2,1-6H3. The van der Waals surface area contributed by atoms with Crippen LogP contribution in [0.1, 0.15) is 112 Å². The van der Waals surface area contributed by atoms with Crippen molar-refractivity contribution in [3.63, 3.8) is 0 Å². The molecule has 1 aliphatic carbocycles. The van der Waals surface area contributed by atoms with Crippen molar-refractivity contribution >= 4 is 7.85 Å². The minimum Gasteiger partial charge on any atom is -0.0623 e. The van der Waals surface area contributed by atoms with Crippen LogP contribution in [0, 0.1) is 16.7 Å². The molecule has 0 amide bonds. The normalized spacial score (nSPS) is 33.8. The highest BCUT2D eigenvalue weighted by atomic mass is 14.4. The molecule has 1 fully saturated rings. The van der Waals surface area contributed by atoms with Crippen molar-refractivity contribution < 1.29 is 0 Å². The van der Waals surface area contributed by atoms with E-state index in [0.29, 0.717) is 5.41 Å². The molecule has 0 aromatic carbocycles. The molecule has 1 saturated carbocycles. The van der Waals surface area contributed by atoms with Crippen molar-refractivity contribution in [2.24, 2.45) is 16.7 Å². The second-order valence-electron chi connectivity index (χ2n) is 9.69. The summed E-state index contributed by atoms with van der Waals surface area (Å²) in [5.74, 6) is 0.806. The highest BCUT2D eigenvalue weighted by Crippen LogP contribution is 2.51. The van der Waals surface area contributed by atoms with Gasteiger partial charge in [-0.15, -0.1) is 0 Å². The predicted molar refractivity (Wildman–Crippen MR) is 102 cm³/mol. The van der Waals surface area contributed by atoms with Gasteiger partial charge >= 0.3 is 0 Å². The predicted octanol–water partition coefficient (Wildman–Crippen LogP) is 7.33. The summed E-state index contributed by atoms with van der Waals surface area (Å²) in [5.41, 5.74) is 0.775. The molecule has 0 aromatic rings. The van der Waals surface area contributed by atoms with E-state index in [-0.39, 0.29) is 10.7 Å². The first-order valence-electron chi connectivity index (χ1n) is 9.90. The molecule has 2 atom stereocenters. The Hall–Kier alpha value is 0.0649. The monoisotopic (exact) mass is 304 g/mol. The average Bonchev–Trinajstić information content (AvgIpc) is 2.41. The molecular formula is C21H41B. The average molecular weight is 304 g/mol. The molecular weight excluding hydrogens is 263 g/mol. The van der Waals surface area contributed by atoms with E-state index in [1.807, 2.05) is 0 Å². The topological polar surface area (TPSA) is 0 Å². The Morgan fingerprint density at radius 2 is 1.09 bits per heavy atom. The van der Waals surface area contributed by atoms with Crippen LogP contribution in [0.15, 0.2) is 0 Å². The number of hydrogen-bond donors (Lipinski definition) is 0. The van der Waals surface area contributed by atoms with Crippen LogP contribution in [0.5, 0.6) is 0 Å². The van der Waals surface area contributed by atoms with Crippen LogP contribution in [0.3, 0.4) is 0 Å². The third-order valence-electron chi connectivity index (χ3n) is 6.88. The summed E-state index contributed by atoms with van der Waals surface area (Å²) in [4.78, 5) is 0. The fraction of sp³-hybridized carbons (Fsp3) is 1.00. The zero-order valence-electron chi connectivity index (χ0n) is 16.4. The molecule has 1 heteroatoms. The van der Waals surface area contributed by atoms with Crippen LogP contribution < -0.4 is 0 Å². The van der Waals surface area contributed by atoms with Crippen molar-refractivity contribution in [2.75, 3.05) is 0 Å². The molecule has 2 unspecified atom stereocenters. The first kappa shape index (κ1) is 20.1. The van der Waals surface area contributed by atoms with Crippen LogP contribution >= 0.6 is 0 Å². The Morgan fingerprint density at radius 3 is 1.45 bits per heavy atom. The van der Waals surface area contributed by atoms with Gasteiger partial charge in [-0.05, 0) is 29.6 Å². The van der Waals surface area contributed by atoms with Gasteiger partial charge in [0.25, 0.3) is 0 Å². The van der Waals surface area contributed by atoms with E-state index in [4.69, 9.17) is 7.85 Å². The van der Waals surface area contributed by atoms with Crippen LogP contribution in [0.2, 0.25) is 5.31 Å². The van der Waals surface area contributed by atoms with Gasteiger partial charge in [0.1, 0.15) is 0 Å². The van der Waals surface area contributed by atoms with Gasteiger partial charge in [0, 0.05) is 0 Å². The fourth-order valence-corrected chi connectivity index (χ4v) is 4.05. The van der Waals surface area contributed by atoms with Crippen LogP contribution in [-0.2, 0) is 0 Å². The smallest absolute Gasteiger partial charge is 0.0623 e. The minimum atomic E-state index is 0.0302. The summed E-state index contributed by atoms with van der Waals surface area (Å²) in [6.07, 6.45) is 14.7. The van der Waals surface area contributed by atoms with Crippen molar-refractivity contribution in [1.29, 1.82) is 0 Å². The lowest BCUT2D eigenvalue weighted by molar-refractivity contribution is 0.168. The molecule has 0 bridgehead atoms. The number of rotatable bonds is 1. The van der Waals surface area contributed by atoms with Gasteiger partial charge in [0.05, 0.1) is 7.85 Å². The largest absolute Gasteiger partial charge is 0.0753 e. The third-order valence-corrected chi connectivity index (χ3v) is 6.88. The zero-order chi connectivity index (χ0) is 16.9. The molecule has 0 saturated heterocycles. The second kappa shape index (κ2) is 8.25. The Morgan fingerprint density at radius 1 is 0.727 bits per heavy atom. The summed E-state index contributed by atoms with van der Waals surface area (Å²) in [7, 11) is 6.86. The SMILES string of the molecule is [B]C1(C(C)(C)C)CCCCCCC(C)(C(C)C)CCCCC1. The Labute approximate surface area is 142 Å². The zero-order valence-corrected chi connectivity index (χ0v) is 16.4. The summed E-state index contributed by atoms with van der Waals surface area (Å²) >= 11 is 0. The molecule has 1 aliphatic rings. The summed E-state index contributed by atoms with van der Waals surface area (Å²) in [6.45, 7) is 14.4. The van der Waals surface area contributed by atoms with Gasteiger partial charge < -0.3 is 0 Å². The lowest BCUT2D eigenvalue weighted by Crippen LogP contribution is -2.29. The lowest BCUT2D eigenvalue weighted by Gasteiger charge is -2.43. The van der Waals surface area contributed by atoms with Crippen molar-refractivity contribution in [3.8, 4) is 0 Å². The van der Waals surface area contributed by atoms with Crippen molar-refractivity contribution in [2.45, 2.75) is 117 Å². The molecule has 0 heterocycles. The summed E-state index contributed by atoms with van der Waals surface area (Å²) in [6, 6.07) is 0. The molecule has 1 rings (SSSR count). The molecule has 0 N–H and O–H groups in total. The molecule has 0 nitrogen and oxygen atoms in total. The third kappa shape index (κ3) is 5.61. The summed E-state index contributed by atoms with van der Waals surface area (Å²) in [5, 5.41) is 0.0302. The van der Waals surface area contributed by atoms with Crippen molar-refractivity contribution in [3.05, 3.63) is 0 Å². The highest BCUT2D eigenvalue weighted by Gasteiger charge is 2.35. The van der Waals surface area contributed by atoms with Gasteiger partial charge in [0.15, 0.2) is 0 Å². The molecule has 0 spiro atoms. The molecule has 22 heavy (non-hydrogen) atoms. The molecule has 0 aromatic heterocycles. The van der Waals surface area contributed by atoms with E-state index >= 15 is 0 Å². The van der Waals surface area contributed by atoms with E-state index in [1.165, 1.54) is 70.6 Å². The molecule has 2 radical (unpaired) electrons. The second-order valence-corrected chi connectivity index (χ2v) is 9.69. The molecule has 128 valence electrons. The van der Waals surface area contributed by atoms with E-state index in [1.54, 1.807) is 0 Å². The van der Waals surface area contributed by atoms with Gasteiger partial charge in [-0.2, -0.15) is 0 Å². The van der Waals surface area contributed by atoms with Crippen LogP contribution in [-0.4, -0.2) is 7.85 Å². The van der Waals surface area contributed by atoms with E-state index in [2.05, 4.69) is 41.5 Å². The maximum absolute atomic E-state index is 6.86. The van der Waals surface area contributed by atoms with Crippen LogP contribution in [0.25, 0.3) is 0 Å². The van der Waals surface area contributed by atoms with E-state index in [0.717, 1.165) is 5.92 Å². The quantitative estimate of drug-likeness (QED) is 0.445. The minimum absolute atomic E-state index is 0.0302. The Bertz CT molecular complexity index is 314. The van der Waals surface area contributed by atoms with E-state index in [9.17, 15) is 0 Å². The number of hydrogen-bond acceptors (Lipinski definition) is 0. The first-order valence-corrected chi connectivity index (χ1v) is 9.90. The van der Waals surface area contributed by atoms with Gasteiger partial charge in [-0.3, -0.25) is 0 Å². The maximum Gasteiger partial charge on any atom is 0.0753 e. The Balaban J connectivity index is 2.68. The lowest BCUT2D eigenvalue weighted by atomic mass is 9.50. The van der Waals surface area contributed by atoms with Gasteiger partial charge in [-0.25, -0.2) is 0 Å².